The van der Waals surface area contributed by atoms with E-state index >= 15 is 0 Å². The summed E-state index contributed by atoms with van der Waals surface area (Å²) >= 11 is 1.68. The summed E-state index contributed by atoms with van der Waals surface area (Å²) in [5.74, 6) is 0.832. The molecule has 0 aromatic carbocycles. The Morgan fingerprint density at radius 3 is 2.90 bits per heavy atom. The van der Waals surface area contributed by atoms with Crippen LogP contribution in [0.3, 0.4) is 0 Å². The third kappa shape index (κ3) is 2.48. The van der Waals surface area contributed by atoms with Crippen molar-refractivity contribution in [3.05, 3.63) is 16.8 Å². The minimum atomic E-state index is -0.761. The van der Waals surface area contributed by atoms with Gasteiger partial charge in [0.2, 0.25) is 0 Å². The largest absolute Gasteiger partial charge is 0.480 e. The molecule has 112 valence electrons. The van der Waals surface area contributed by atoms with Gasteiger partial charge in [0.1, 0.15) is 22.5 Å². The Kier molecular flexibility index (Phi) is 3.80. The molecular formula is C15H19N3O2S. The smallest absolute Gasteiger partial charge is 0.326 e. The van der Waals surface area contributed by atoms with Crippen molar-refractivity contribution in [2.75, 3.05) is 11.4 Å². The van der Waals surface area contributed by atoms with Crippen LogP contribution in [0.25, 0.3) is 10.2 Å². The molecule has 3 rings (SSSR count). The molecule has 2 aromatic rings. The van der Waals surface area contributed by atoms with Crippen molar-refractivity contribution in [2.24, 2.45) is 0 Å². The molecule has 1 atom stereocenters. The zero-order valence-electron chi connectivity index (χ0n) is 12.3. The molecule has 1 N–H and O–H groups in total. The molecule has 2 aromatic heterocycles. The molecule has 1 fully saturated rings. The number of thiophene rings is 1. The Morgan fingerprint density at radius 1 is 1.43 bits per heavy atom. The van der Waals surface area contributed by atoms with Crippen LogP contribution in [0.15, 0.2) is 6.07 Å². The quantitative estimate of drug-likeness (QED) is 0.941. The maximum Gasteiger partial charge on any atom is 0.326 e. The number of aromatic nitrogens is 2. The van der Waals surface area contributed by atoms with Crippen molar-refractivity contribution in [3.8, 4) is 0 Å². The van der Waals surface area contributed by atoms with Crippen LogP contribution in [-0.4, -0.2) is 33.6 Å². The molecule has 6 heteroatoms. The van der Waals surface area contributed by atoms with Gasteiger partial charge in [-0.25, -0.2) is 14.8 Å². The lowest BCUT2D eigenvalue weighted by atomic mass is 10.2. The van der Waals surface area contributed by atoms with Crippen molar-refractivity contribution in [1.82, 2.24) is 9.97 Å². The average molecular weight is 305 g/mol. The Labute approximate surface area is 127 Å². The minimum absolute atomic E-state index is 0.460. The number of carboxylic acids is 1. The van der Waals surface area contributed by atoms with Gasteiger partial charge in [0, 0.05) is 17.8 Å². The van der Waals surface area contributed by atoms with Gasteiger partial charge in [-0.3, -0.25) is 0 Å². The first-order chi connectivity index (χ1) is 10.1. The van der Waals surface area contributed by atoms with E-state index < -0.39 is 12.0 Å². The van der Waals surface area contributed by atoms with E-state index in [4.69, 9.17) is 0 Å². The normalized spacial score (nSPS) is 18.6. The lowest BCUT2D eigenvalue weighted by Crippen LogP contribution is -2.36. The van der Waals surface area contributed by atoms with E-state index in [0.717, 1.165) is 47.7 Å². The number of nitrogens with zero attached hydrogens (tertiary/aromatic N) is 3. The molecule has 0 aliphatic carbocycles. The third-order valence-corrected chi connectivity index (χ3v) is 5.12. The maximum absolute atomic E-state index is 11.5. The fourth-order valence-electron chi connectivity index (χ4n) is 2.83. The summed E-state index contributed by atoms with van der Waals surface area (Å²) in [7, 11) is 0. The van der Waals surface area contributed by atoms with Gasteiger partial charge in [-0.15, -0.1) is 11.3 Å². The SMILES string of the molecule is CCc1nc(N2CCC[C@@H]2C(=O)O)c2cc(CC)sc2n1. The number of aliphatic carboxylic acids is 1. The fraction of sp³-hybridized carbons (Fsp3) is 0.533. The third-order valence-electron chi connectivity index (χ3n) is 3.94. The number of aryl methyl sites for hydroxylation is 2. The molecule has 3 heterocycles. The molecular weight excluding hydrogens is 286 g/mol. The van der Waals surface area contributed by atoms with E-state index in [1.807, 2.05) is 11.8 Å². The number of anilines is 1. The lowest BCUT2D eigenvalue weighted by Gasteiger charge is -2.23. The summed E-state index contributed by atoms with van der Waals surface area (Å²) in [6.07, 6.45) is 3.31. The summed E-state index contributed by atoms with van der Waals surface area (Å²) in [5, 5.41) is 10.4. The number of hydrogen-bond acceptors (Lipinski definition) is 5. The van der Waals surface area contributed by atoms with Crippen LogP contribution in [0.2, 0.25) is 0 Å². The molecule has 0 spiro atoms. The fourth-order valence-corrected chi connectivity index (χ4v) is 3.81. The average Bonchev–Trinajstić information content (AvgIpc) is 3.11. The Hall–Kier alpha value is -1.69. The van der Waals surface area contributed by atoms with Gasteiger partial charge in [-0.2, -0.15) is 0 Å². The number of carbonyl (C=O) groups is 1. The molecule has 1 aliphatic rings. The Morgan fingerprint density at radius 2 is 2.24 bits per heavy atom. The molecule has 5 nitrogen and oxygen atoms in total. The van der Waals surface area contributed by atoms with Crippen molar-refractivity contribution < 1.29 is 9.90 Å². The minimum Gasteiger partial charge on any atom is -0.480 e. The summed E-state index contributed by atoms with van der Waals surface area (Å²) in [6, 6.07) is 1.66. The zero-order valence-corrected chi connectivity index (χ0v) is 13.1. The van der Waals surface area contributed by atoms with E-state index in [1.165, 1.54) is 4.88 Å². The number of fused-ring (bicyclic) bond motifs is 1. The first-order valence-corrected chi connectivity index (χ1v) is 8.24. The van der Waals surface area contributed by atoms with Gasteiger partial charge >= 0.3 is 5.97 Å². The second kappa shape index (κ2) is 5.60. The van der Waals surface area contributed by atoms with Crippen molar-refractivity contribution in [1.29, 1.82) is 0 Å². The summed E-state index contributed by atoms with van der Waals surface area (Å²) in [5.41, 5.74) is 0. The van der Waals surface area contributed by atoms with Crippen LogP contribution in [0.1, 0.15) is 37.4 Å². The van der Waals surface area contributed by atoms with Gasteiger partial charge in [0.15, 0.2) is 0 Å². The number of carboxylic acid groups (broad SMARTS) is 1. The highest BCUT2D eigenvalue weighted by molar-refractivity contribution is 7.18. The molecule has 21 heavy (non-hydrogen) atoms. The van der Waals surface area contributed by atoms with Gasteiger partial charge in [0.05, 0.1) is 5.39 Å². The summed E-state index contributed by atoms with van der Waals surface area (Å²) in [6.45, 7) is 4.90. The van der Waals surface area contributed by atoms with Crippen LogP contribution >= 0.6 is 11.3 Å². The second-order valence-corrected chi connectivity index (χ2v) is 6.41. The molecule has 0 unspecified atom stereocenters. The monoisotopic (exact) mass is 305 g/mol. The van der Waals surface area contributed by atoms with Crippen molar-refractivity contribution >= 4 is 33.3 Å². The highest BCUT2D eigenvalue weighted by Crippen LogP contribution is 2.34. The van der Waals surface area contributed by atoms with E-state index in [0.29, 0.717) is 6.42 Å². The maximum atomic E-state index is 11.5. The van der Waals surface area contributed by atoms with Crippen LogP contribution in [0.4, 0.5) is 5.82 Å². The predicted octanol–water partition coefficient (Wildman–Crippen LogP) is 2.87. The second-order valence-electron chi connectivity index (χ2n) is 5.29. The topological polar surface area (TPSA) is 66.3 Å². The van der Waals surface area contributed by atoms with Gasteiger partial charge in [-0.1, -0.05) is 13.8 Å². The van der Waals surface area contributed by atoms with Crippen molar-refractivity contribution in [3.63, 3.8) is 0 Å². The summed E-state index contributed by atoms with van der Waals surface area (Å²) in [4.78, 5) is 24.9. The van der Waals surface area contributed by atoms with E-state index in [9.17, 15) is 9.90 Å². The lowest BCUT2D eigenvalue weighted by molar-refractivity contribution is -0.138. The van der Waals surface area contributed by atoms with Crippen LogP contribution < -0.4 is 4.90 Å². The van der Waals surface area contributed by atoms with Gasteiger partial charge < -0.3 is 10.0 Å². The number of hydrogen-bond donors (Lipinski definition) is 1. The van der Waals surface area contributed by atoms with Crippen LogP contribution in [0.5, 0.6) is 0 Å². The number of rotatable bonds is 4. The Bertz CT molecular complexity index is 683. The van der Waals surface area contributed by atoms with E-state index in [-0.39, 0.29) is 0 Å². The standard InChI is InChI=1S/C15H19N3O2S/c1-3-9-8-10-13(16-12(4-2)17-14(10)21-9)18-7-5-6-11(18)15(19)20/h8,11H,3-7H2,1-2H3,(H,19,20)/t11-/m1/s1. The highest BCUT2D eigenvalue weighted by Gasteiger charge is 2.33. The molecule has 1 aliphatic heterocycles. The van der Waals surface area contributed by atoms with E-state index in [1.54, 1.807) is 11.3 Å². The highest BCUT2D eigenvalue weighted by atomic mass is 32.1. The molecule has 0 amide bonds. The predicted molar refractivity (Wildman–Crippen MR) is 84.2 cm³/mol. The molecule has 0 saturated carbocycles. The molecule has 1 saturated heterocycles. The van der Waals surface area contributed by atoms with E-state index in [2.05, 4.69) is 23.0 Å². The Balaban J connectivity index is 2.15. The van der Waals surface area contributed by atoms with Crippen LogP contribution in [0, 0.1) is 0 Å². The van der Waals surface area contributed by atoms with Crippen molar-refractivity contribution in [2.45, 2.75) is 45.6 Å². The molecule has 0 bridgehead atoms. The first-order valence-electron chi connectivity index (χ1n) is 7.42. The zero-order chi connectivity index (χ0) is 15.0. The molecule has 0 radical (unpaired) electrons. The first kappa shape index (κ1) is 14.3. The van der Waals surface area contributed by atoms with Gasteiger partial charge in [0.25, 0.3) is 0 Å². The summed E-state index contributed by atoms with van der Waals surface area (Å²) < 4.78 is 0. The van der Waals surface area contributed by atoms with Gasteiger partial charge in [-0.05, 0) is 25.3 Å². The van der Waals surface area contributed by atoms with Crippen LogP contribution in [-0.2, 0) is 17.6 Å².